The molecule has 2 amide bonds. The third-order valence-corrected chi connectivity index (χ3v) is 5.11. The lowest BCUT2D eigenvalue weighted by Gasteiger charge is -2.39. The summed E-state index contributed by atoms with van der Waals surface area (Å²) < 4.78 is 16.8. The van der Waals surface area contributed by atoms with Gasteiger partial charge in [-0.3, -0.25) is 0 Å². The molecule has 6 heteroatoms. The molecule has 3 aliphatic rings. The molecule has 2 aliphatic heterocycles. The van der Waals surface area contributed by atoms with Gasteiger partial charge in [-0.2, -0.15) is 0 Å². The Hall–Kier alpha value is -1.79. The molecule has 1 spiro atoms. The van der Waals surface area contributed by atoms with Gasteiger partial charge < -0.3 is 24.4 Å². The monoisotopic (exact) mass is 318 g/mol. The number of fused-ring (bicyclic) bond motifs is 1. The number of carbonyl (C=O) groups excluding carboxylic acids is 1. The number of benzene rings is 1. The summed E-state index contributed by atoms with van der Waals surface area (Å²) in [7, 11) is 1.65. The van der Waals surface area contributed by atoms with E-state index < -0.39 is 5.79 Å². The van der Waals surface area contributed by atoms with Crippen LogP contribution in [0, 0.1) is 0 Å². The number of amides is 2. The highest BCUT2D eigenvalue weighted by atomic mass is 16.7. The van der Waals surface area contributed by atoms with E-state index in [4.69, 9.17) is 14.2 Å². The van der Waals surface area contributed by atoms with Crippen molar-refractivity contribution < 1.29 is 19.0 Å². The Bertz CT molecular complexity index is 583. The maximum atomic E-state index is 12.4. The average Bonchev–Trinajstić information content (AvgIpc) is 3.13. The van der Waals surface area contributed by atoms with Crippen LogP contribution < -0.4 is 10.1 Å². The summed E-state index contributed by atoms with van der Waals surface area (Å²) in [6, 6.07) is 8.19. The molecule has 1 aromatic carbocycles. The molecule has 1 saturated carbocycles. The maximum Gasteiger partial charge on any atom is 0.318 e. The Labute approximate surface area is 135 Å². The molecule has 124 valence electrons. The molecular formula is C17H22N2O4. The van der Waals surface area contributed by atoms with E-state index in [1.807, 2.05) is 29.2 Å². The fraction of sp³-hybridized carbons (Fsp3) is 0.588. The van der Waals surface area contributed by atoms with Gasteiger partial charge in [0.15, 0.2) is 5.79 Å². The normalized spacial score (nSPS) is 28.7. The number of ether oxygens (including phenoxy) is 3. The van der Waals surface area contributed by atoms with Gasteiger partial charge in [-0.25, -0.2) is 4.79 Å². The van der Waals surface area contributed by atoms with Crippen LogP contribution in [0.3, 0.4) is 0 Å². The van der Waals surface area contributed by atoms with Gasteiger partial charge in [-0.1, -0.05) is 12.1 Å². The largest absolute Gasteiger partial charge is 0.497 e. The molecule has 1 aromatic rings. The van der Waals surface area contributed by atoms with Crippen molar-refractivity contribution >= 4 is 6.03 Å². The first-order chi connectivity index (χ1) is 11.2. The van der Waals surface area contributed by atoms with Gasteiger partial charge in [0, 0.05) is 19.4 Å². The third-order valence-electron chi connectivity index (χ3n) is 5.11. The van der Waals surface area contributed by atoms with E-state index in [0.717, 1.165) is 30.6 Å². The minimum Gasteiger partial charge on any atom is -0.497 e. The molecule has 4 rings (SSSR count). The van der Waals surface area contributed by atoms with Gasteiger partial charge in [-0.15, -0.1) is 0 Å². The molecule has 2 heterocycles. The molecule has 23 heavy (non-hydrogen) atoms. The molecule has 1 N–H and O–H groups in total. The van der Waals surface area contributed by atoms with Gasteiger partial charge >= 0.3 is 6.03 Å². The number of rotatable bonds is 3. The number of nitrogens with zero attached hydrogens (tertiary/aromatic N) is 1. The number of nitrogens with one attached hydrogen (secondary N) is 1. The standard InChI is InChI=1S/C17H22N2O4/c1-21-13-4-2-12(3-5-13)11-19-15-6-7-17(22-8-9-23-17)10-14(15)18-16(19)20/h2-5,14-15H,6-11H2,1H3,(H,18,20). The summed E-state index contributed by atoms with van der Waals surface area (Å²) in [5.74, 6) is 0.359. The quantitative estimate of drug-likeness (QED) is 0.924. The molecule has 2 unspecified atom stereocenters. The Kier molecular flexibility index (Phi) is 3.66. The van der Waals surface area contributed by atoms with Crippen molar-refractivity contribution in [2.75, 3.05) is 20.3 Å². The van der Waals surface area contributed by atoms with E-state index in [0.29, 0.717) is 19.8 Å². The molecule has 3 fully saturated rings. The summed E-state index contributed by atoms with van der Waals surface area (Å²) in [5, 5.41) is 3.10. The zero-order valence-electron chi connectivity index (χ0n) is 13.3. The van der Waals surface area contributed by atoms with Gasteiger partial charge in [0.2, 0.25) is 0 Å². The van der Waals surface area contributed by atoms with Crippen molar-refractivity contribution in [3.8, 4) is 5.75 Å². The van der Waals surface area contributed by atoms with Crippen molar-refractivity contribution in [3.05, 3.63) is 29.8 Å². The summed E-state index contributed by atoms with van der Waals surface area (Å²) in [6.45, 7) is 1.92. The molecule has 0 bridgehead atoms. The molecule has 2 atom stereocenters. The lowest BCUT2D eigenvalue weighted by molar-refractivity contribution is -0.184. The van der Waals surface area contributed by atoms with E-state index in [2.05, 4.69) is 5.32 Å². The van der Waals surface area contributed by atoms with E-state index in [9.17, 15) is 4.79 Å². The number of urea groups is 1. The lowest BCUT2D eigenvalue weighted by atomic mass is 9.86. The predicted octanol–water partition coefficient (Wildman–Crippen LogP) is 1.88. The minimum absolute atomic E-state index is 0.00543. The SMILES string of the molecule is COc1ccc(CN2C(=O)NC3CC4(CCC32)OCCO4)cc1. The van der Waals surface area contributed by atoms with Gasteiger partial charge in [0.1, 0.15) is 5.75 Å². The second-order valence-electron chi connectivity index (χ2n) is 6.45. The molecule has 1 aliphatic carbocycles. The lowest BCUT2D eigenvalue weighted by Crippen LogP contribution is -2.49. The van der Waals surface area contributed by atoms with Gasteiger partial charge in [-0.05, 0) is 24.1 Å². The number of hydrogen-bond acceptors (Lipinski definition) is 4. The number of methoxy groups -OCH3 is 1. The number of hydrogen-bond donors (Lipinski definition) is 1. The van der Waals surface area contributed by atoms with Crippen molar-refractivity contribution in [3.63, 3.8) is 0 Å². The van der Waals surface area contributed by atoms with E-state index >= 15 is 0 Å². The Balaban J connectivity index is 1.46. The minimum atomic E-state index is -0.468. The molecule has 6 nitrogen and oxygen atoms in total. The second kappa shape index (κ2) is 5.69. The van der Waals surface area contributed by atoms with Crippen LogP contribution in [0.1, 0.15) is 24.8 Å². The van der Waals surface area contributed by atoms with E-state index in [1.165, 1.54) is 0 Å². The van der Waals surface area contributed by atoms with Crippen molar-refractivity contribution in [2.45, 2.75) is 43.7 Å². The first-order valence-electron chi connectivity index (χ1n) is 8.17. The fourth-order valence-electron chi connectivity index (χ4n) is 3.93. The highest BCUT2D eigenvalue weighted by Gasteiger charge is 2.51. The highest BCUT2D eigenvalue weighted by molar-refractivity contribution is 5.77. The molecule has 0 radical (unpaired) electrons. The van der Waals surface area contributed by atoms with Gasteiger partial charge in [0.05, 0.1) is 32.4 Å². The first-order valence-corrected chi connectivity index (χ1v) is 8.17. The van der Waals surface area contributed by atoms with Crippen LogP contribution in [0.15, 0.2) is 24.3 Å². The van der Waals surface area contributed by atoms with Crippen LogP contribution in [-0.4, -0.2) is 49.1 Å². The average molecular weight is 318 g/mol. The van der Waals surface area contributed by atoms with Crippen LogP contribution in [-0.2, 0) is 16.0 Å². The Morgan fingerprint density at radius 3 is 2.74 bits per heavy atom. The van der Waals surface area contributed by atoms with Crippen LogP contribution in [0.4, 0.5) is 4.79 Å². The molecular weight excluding hydrogens is 296 g/mol. The first kappa shape index (κ1) is 14.8. The topological polar surface area (TPSA) is 60.0 Å². The van der Waals surface area contributed by atoms with Crippen LogP contribution in [0.2, 0.25) is 0 Å². The zero-order valence-corrected chi connectivity index (χ0v) is 13.3. The van der Waals surface area contributed by atoms with E-state index in [1.54, 1.807) is 7.11 Å². The Morgan fingerprint density at radius 2 is 2.04 bits per heavy atom. The van der Waals surface area contributed by atoms with Crippen LogP contribution in [0.25, 0.3) is 0 Å². The maximum absolute atomic E-state index is 12.4. The molecule has 0 aromatic heterocycles. The fourth-order valence-corrected chi connectivity index (χ4v) is 3.93. The predicted molar refractivity (Wildman–Crippen MR) is 83.1 cm³/mol. The Morgan fingerprint density at radius 1 is 1.30 bits per heavy atom. The molecule has 2 saturated heterocycles. The van der Waals surface area contributed by atoms with Gasteiger partial charge in [0.25, 0.3) is 0 Å². The van der Waals surface area contributed by atoms with Crippen LogP contribution in [0.5, 0.6) is 5.75 Å². The van der Waals surface area contributed by atoms with Crippen molar-refractivity contribution in [1.82, 2.24) is 10.2 Å². The highest BCUT2D eigenvalue weighted by Crippen LogP contribution is 2.40. The zero-order chi connectivity index (χ0) is 15.9. The van der Waals surface area contributed by atoms with Crippen LogP contribution >= 0.6 is 0 Å². The summed E-state index contributed by atoms with van der Waals surface area (Å²) in [4.78, 5) is 14.3. The second-order valence-corrected chi connectivity index (χ2v) is 6.45. The van der Waals surface area contributed by atoms with E-state index in [-0.39, 0.29) is 18.1 Å². The van der Waals surface area contributed by atoms with Crippen molar-refractivity contribution in [1.29, 1.82) is 0 Å². The smallest absolute Gasteiger partial charge is 0.318 e. The number of carbonyl (C=O) groups is 1. The third kappa shape index (κ3) is 2.66. The summed E-state index contributed by atoms with van der Waals surface area (Å²) in [5.41, 5.74) is 1.11. The van der Waals surface area contributed by atoms with Crippen molar-refractivity contribution in [2.24, 2.45) is 0 Å². The summed E-state index contributed by atoms with van der Waals surface area (Å²) in [6.07, 6.45) is 2.49. The summed E-state index contributed by atoms with van der Waals surface area (Å²) >= 11 is 0.